The fraction of sp³-hybridized carbons (Fsp3) is 0.940. The van der Waals surface area contributed by atoms with Crippen LogP contribution in [-0.4, -0.2) is 37.2 Å². The lowest BCUT2D eigenvalue weighted by Crippen LogP contribution is -2.30. The molecule has 0 aromatic heterocycles. The molecule has 0 spiro atoms. The third kappa shape index (κ3) is 43.5. The van der Waals surface area contributed by atoms with E-state index in [2.05, 4.69) is 27.7 Å². The van der Waals surface area contributed by atoms with Gasteiger partial charge in [0.25, 0.3) is 0 Å². The maximum Gasteiger partial charge on any atom is 0.306 e. The Bertz CT molecular complexity index is 841. The highest BCUT2D eigenvalue weighted by molar-refractivity contribution is 5.71. The molecule has 6 heteroatoms. The Morgan fingerprint density at radius 1 is 0.339 bits per heavy atom. The predicted octanol–water partition coefficient (Wildman–Crippen LogP) is 15.9. The van der Waals surface area contributed by atoms with E-state index in [1.54, 1.807) is 0 Å². The molecule has 0 fully saturated rings. The van der Waals surface area contributed by atoms with Crippen LogP contribution in [0.4, 0.5) is 0 Å². The van der Waals surface area contributed by atoms with Gasteiger partial charge >= 0.3 is 17.9 Å². The van der Waals surface area contributed by atoms with Crippen LogP contribution in [0.3, 0.4) is 0 Å². The Hall–Kier alpha value is -1.59. The van der Waals surface area contributed by atoms with Crippen molar-refractivity contribution in [2.24, 2.45) is 5.92 Å². The topological polar surface area (TPSA) is 78.9 Å². The molecule has 0 unspecified atom stereocenters. The minimum absolute atomic E-state index is 0.0636. The fourth-order valence-electron chi connectivity index (χ4n) is 7.51. The summed E-state index contributed by atoms with van der Waals surface area (Å²) in [5.41, 5.74) is 0. The quantitative estimate of drug-likeness (QED) is 0.0347. The summed E-state index contributed by atoms with van der Waals surface area (Å²) in [7, 11) is 0. The van der Waals surface area contributed by atoms with E-state index < -0.39 is 6.10 Å². The maximum absolute atomic E-state index is 12.6. The highest BCUT2D eigenvalue weighted by Gasteiger charge is 2.19. The van der Waals surface area contributed by atoms with E-state index in [0.29, 0.717) is 19.3 Å². The number of hydrogen-bond donors (Lipinski definition) is 0. The molecule has 0 radical (unpaired) electrons. The van der Waals surface area contributed by atoms with E-state index in [0.717, 1.165) is 63.7 Å². The molecular formula is C50H96O6. The smallest absolute Gasteiger partial charge is 0.306 e. The summed E-state index contributed by atoms with van der Waals surface area (Å²) in [6, 6.07) is 0. The number of carbonyl (C=O) groups is 3. The van der Waals surface area contributed by atoms with E-state index in [-0.39, 0.29) is 31.1 Å². The summed E-state index contributed by atoms with van der Waals surface area (Å²) < 4.78 is 16.7. The van der Waals surface area contributed by atoms with E-state index in [1.165, 1.54) is 173 Å². The van der Waals surface area contributed by atoms with E-state index in [4.69, 9.17) is 14.2 Å². The van der Waals surface area contributed by atoms with Crippen molar-refractivity contribution >= 4 is 17.9 Å². The number of hydrogen-bond acceptors (Lipinski definition) is 6. The SMILES string of the molecule is CCCCCCCCCCCCCCCCC(=O)OC[C@H](COC(=O)CCCCCCCCCCCCCCCCC(C)C)OC(=O)CCCCCCCCC. The minimum Gasteiger partial charge on any atom is -0.462 e. The molecule has 0 aromatic rings. The first kappa shape index (κ1) is 54.4. The van der Waals surface area contributed by atoms with E-state index >= 15 is 0 Å². The van der Waals surface area contributed by atoms with Gasteiger partial charge in [-0.2, -0.15) is 0 Å². The van der Waals surface area contributed by atoms with Crippen LogP contribution in [0.15, 0.2) is 0 Å². The Balaban J connectivity index is 4.17. The Labute approximate surface area is 348 Å². The molecule has 0 saturated carbocycles. The number of rotatable bonds is 45. The van der Waals surface area contributed by atoms with Crippen LogP contribution in [0.1, 0.15) is 278 Å². The third-order valence-electron chi connectivity index (χ3n) is 11.3. The lowest BCUT2D eigenvalue weighted by atomic mass is 10.0. The van der Waals surface area contributed by atoms with Crippen molar-refractivity contribution < 1.29 is 28.6 Å². The van der Waals surface area contributed by atoms with Crippen LogP contribution >= 0.6 is 0 Å². The molecule has 0 amide bonds. The van der Waals surface area contributed by atoms with Gasteiger partial charge in [-0.15, -0.1) is 0 Å². The molecule has 0 aliphatic rings. The van der Waals surface area contributed by atoms with Crippen LogP contribution in [0, 0.1) is 5.92 Å². The maximum atomic E-state index is 12.6. The molecule has 0 saturated heterocycles. The monoisotopic (exact) mass is 793 g/mol. The zero-order valence-electron chi connectivity index (χ0n) is 38.1. The van der Waals surface area contributed by atoms with Gasteiger partial charge in [-0.25, -0.2) is 0 Å². The molecule has 332 valence electrons. The van der Waals surface area contributed by atoms with Crippen molar-refractivity contribution in [3.8, 4) is 0 Å². The second-order valence-electron chi connectivity index (χ2n) is 17.6. The molecule has 0 aliphatic carbocycles. The van der Waals surface area contributed by atoms with Crippen LogP contribution in [-0.2, 0) is 28.6 Å². The van der Waals surface area contributed by atoms with Gasteiger partial charge in [0, 0.05) is 19.3 Å². The first-order valence-corrected chi connectivity index (χ1v) is 24.9. The van der Waals surface area contributed by atoms with E-state index in [9.17, 15) is 14.4 Å². The summed E-state index contributed by atoms with van der Waals surface area (Å²) in [6.07, 6.45) is 45.3. The van der Waals surface area contributed by atoms with Crippen molar-refractivity contribution in [2.75, 3.05) is 13.2 Å². The number of unbranched alkanes of at least 4 members (excludes halogenated alkanes) is 32. The third-order valence-corrected chi connectivity index (χ3v) is 11.3. The Morgan fingerprint density at radius 3 is 0.875 bits per heavy atom. The molecule has 0 heterocycles. The van der Waals surface area contributed by atoms with Gasteiger partial charge in [-0.3, -0.25) is 14.4 Å². The van der Waals surface area contributed by atoms with Crippen LogP contribution in [0.2, 0.25) is 0 Å². The lowest BCUT2D eigenvalue weighted by Gasteiger charge is -2.18. The molecule has 0 rings (SSSR count). The van der Waals surface area contributed by atoms with Crippen molar-refractivity contribution in [2.45, 2.75) is 284 Å². The summed E-state index contributed by atoms with van der Waals surface area (Å²) in [4.78, 5) is 37.7. The minimum atomic E-state index is -0.758. The zero-order chi connectivity index (χ0) is 41.0. The average Bonchev–Trinajstić information content (AvgIpc) is 3.18. The normalized spacial score (nSPS) is 11.9. The van der Waals surface area contributed by atoms with E-state index in [1.807, 2.05) is 0 Å². The highest BCUT2D eigenvalue weighted by Crippen LogP contribution is 2.17. The number of carbonyl (C=O) groups excluding carboxylic acids is 3. The van der Waals surface area contributed by atoms with Gasteiger partial charge < -0.3 is 14.2 Å². The van der Waals surface area contributed by atoms with Gasteiger partial charge in [0.05, 0.1) is 0 Å². The lowest BCUT2D eigenvalue weighted by molar-refractivity contribution is -0.167. The summed E-state index contributed by atoms with van der Waals surface area (Å²) in [5.74, 6) is -0.00908. The molecule has 6 nitrogen and oxygen atoms in total. The largest absolute Gasteiger partial charge is 0.462 e. The average molecular weight is 793 g/mol. The molecule has 0 aliphatic heterocycles. The predicted molar refractivity (Wildman–Crippen MR) is 238 cm³/mol. The highest BCUT2D eigenvalue weighted by atomic mass is 16.6. The number of ether oxygens (including phenoxy) is 3. The van der Waals surface area contributed by atoms with Crippen LogP contribution < -0.4 is 0 Å². The number of esters is 3. The summed E-state index contributed by atoms with van der Waals surface area (Å²) in [5, 5.41) is 0. The Morgan fingerprint density at radius 2 is 0.589 bits per heavy atom. The molecular weight excluding hydrogens is 697 g/mol. The molecule has 0 aromatic carbocycles. The van der Waals surface area contributed by atoms with Crippen molar-refractivity contribution in [3.05, 3.63) is 0 Å². The first-order chi connectivity index (χ1) is 27.4. The van der Waals surface area contributed by atoms with Gasteiger partial charge in [0.2, 0.25) is 0 Å². The van der Waals surface area contributed by atoms with Crippen molar-refractivity contribution in [3.63, 3.8) is 0 Å². The Kier molecular flexibility index (Phi) is 43.2. The zero-order valence-corrected chi connectivity index (χ0v) is 38.1. The van der Waals surface area contributed by atoms with Crippen LogP contribution in [0.5, 0.6) is 0 Å². The van der Waals surface area contributed by atoms with Crippen LogP contribution in [0.25, 0.3) is 0 Å². The molecule has 0 N–H and O–H groups in total. The first-order valence-electron chi connectivity index (χ1n) is 24.9. The molecule has 56 heavy (non-hydrogen) atoms. The van der Waals surface area contributed by atoms with Gasteiger partial charge in [0.15, 0.2) is 6.10 Å². The second-order valence-corrected chi connectivity index (χ2v) is 17.6. The standard InChI is InChI=1S/C50H96O6/c1-5-7-9-11-13-14-15-16-20-23-26-30-33-37-41-48(51)54-44-47(56-50(53)43-39-35-28-12-10-8-6-2)45-55-49(52)42-38-34-31-27-24-21-18-17-19-22-25-29-32-36-40-46(3)4/h46-47H,5-45H2,1-4H3/t47-/m1/s1. The van der Waals surface area contributed by atoms with Gasteiger partial charge in [-0.1, -0.05) is 240 Å². The summed E-state index contributed by atoms with van der Waals surface area (Å²) >= 11 is 0. The molecule has 0 bridgehead atoms. The van der Waals surface area contributed by atoms with Crippen molar-refractivity contribution in [1.82, 2.24) is 0 Å². The second kappa shape index (κ2) is 44.5. The van der Waals surface area contributed by atoms with Crippen molar-refractivity contribution in [1.29, 1.82) is 0 Å². The van der Waals surface area contributed by atoms with Gasteiger partial charge in [0.1, 0.15) is 13.2 Å². The van der Waals surface area contributed by atoms with Gasteiger partial charge in [-0.05, 0) is 25.2 Å². The summed E-state index contributed by atoms with van der Waals surface area (Å²) in [6.45, 7) is 8.99. The molecule has 1 atom stereocenters. The fourth-order valence-corrected chi connectivity index (χ4v) is 7.51.